The molecule has 2 rings (SSSR count). The average Bonchev–Trinajstić information content (AvgIpc) is 3.10. The van der Waals surface area contributed by atoms with E-state index in [2.05, 4.69) is 28.7 Å². The van der Waals surface area contributed by atoms with Gasteiger partial charge in [-0.2, -0.15) is 16.9 Å². The van der Waals surface area contributed by atoms with Crippen LogP contribution in [0.25, 0.3) is 0 Å². The van der Waals surface area contributed by atoms with Crippen LogP contribution in [0.1, 0.15) is 41.9 Å². The van der Waals surface area contributed by atoms with Crippen LogP contribution in [0.15, 0.2) is 0 Å². The van der Waals surface area contributed by atoms with Gasteiger partial charge in [-0.3, -0.25) is 9.89 Å². The number of H-pyrrole nitrogens is 1. The smallest absolute Gasteiger partial charge is 0.273 e. The molecule has 0 saturated heterocycles. The Labute approximate surface area is 111 Å². The fourth-order valence-corrected chi connectivity index (χ4v) is 2.60. The van der Waals surface area contributed by atoms with Crippen LogP contribution in [-0.2, 0) is 0 Å². The molecule has 1 aliphatic rings. The summed E-state index contributed by atoms with van der Waals surface area (Å²) in [7, 11) is 0. The Morgan fingerprint density at radius 3 is 3.00 bits per heavy atom. The van der Waals surface area contributed by atoms with Crippen molar-refractivity contribution in [3.05, 3.63) is 11.4 Å². The number of amides is 1. The second-order valence-corrected chi connectivity index (χ2v) is 5.86. The standard InChI is InChI=1S/C12H20N4OS/c1-7(6-18-2)5-14-12(17)11-9(13)10(15-16-11)8-3-4-8/h7-8H,3-6,13H2,1-2H3,(H,14,17)(H,15,16). The van der Waals surface area contributed by atoms with Gasteiger partial charge in [-0.1, -0.05) is 6.92 Å². The van der Waals surface area contributed by atoms with Gasteiger partial charge in [0, 0.05) is 12.5 Å². The second-order valence-electron chi connectivity index (χ2n) is 4.94. The van der Waals surface area contributed by atoms with Crippen LogP contribution in [0.4, 0.5) is 5.69 Å². The molecule has 5 nitrogen and oxygen atoms in total. The number of carbonyl (C=O) groups excluding carboxylic acids is 1. The summed E-state index contributed by atoms with van der Waals surface area (Å²) in [6.45, 7) is 2.77. The lowest BCUT2D eigenvalue weighted by atomic mass is 10.2. The summed E-state index contributed by atoms with van der Waals surface area (Å²) in [5.41, 5.74) is 7.74. The Morgan fingerprint density at radius 2 is 2.39 bits per heavy atom. The van der Waals surface area contributed by atoms with E-state index >= 15 is 0 Å². The molecule has 1 unspecified atom stereocenters. The SMILES string of the molecule is CSCC(C)CNC(=O)c1n[nH]c(C2CC2)c1N. The first-order valence-electron chi connectivity index (χ1n) is 6.24. The summed E-state index contributed by atoms with van der Waals surface area (Å²) < 4.78 is 0. The number of thioether (sulfide) groups is 1. The van der Waals surface area contributed by atoms with Gasteiger partial charge in [0.1, 0.15) is 0 Å². The molecular formula is C12H20N4OS. The topological polar surface area (TPSA) is 83.8 Å². The molecule has 1 atom stereocenters. The van der Waals surface area contributed by atoms with Gasteiger partial charge in [-0.15, -0.1) is 0 Å². The number of aromatic nitrogens is 2. The normalized spacial score (nSPS) is 16.6. The Balaban J connectivity index is 1.92. The molecule has 0 aromatic carbocycles. The minimum absolute atomic E-state index is 0.177. The molecule has 1 fully saturated rings. The number of carbonyl (C=O) groups is 1. The fourth-order valence-electron chi connectivity index (χ4n) is 1.91. The number of nitrogens with zero attached hydrogens (tertiary/aromatic N) is 1. The predicted molar refractivity (Wildman–Crippen MR) is 74.9 cm³/mol. The van der Waals surface area contributed by atoms with E-state index in [4.69, 9.17) is 5.73 Å². The van der Waals surface area contributed by atoms with Crippen LogP contribution >= 0.6 is 11.8 Å². The molecule has 1 amide bonds. The third kappa shape index (κ3) is 2.98. The molecule has 1 aromatic heterocycles. The predicted octanol–water partition coefficient (Wildman–Crippen LogP) is 1.60. The molecule has 1 heterocycles. The van der Waals surface area contributed by atoms with Crippen LogP contribution in [0.3, 0.4) is 0 Å². The first-order chi connectivity index (χ1) is 8.63. The number of nitrogens with two attached hydrogens (primary N) is 1. The number of hydrogen-bond donors (Lipinski definition) is 3. The molecular weight excluding hydrogens is 248 g/mol. The average molecular weight is 268 g/mol. The highest BCUT2D eigenvalue weighted by molar-refractivity contribution is 7.98. The maximum absolute atomic E-state index is 12.0. The van der Waals surface area contributed by atoms with Crippen molar-refractivity contribution >= 4 is 23.4 Å². The van der Waals surface area contributed by atoms with E-state index in [0.29, 0.717) is 29.8 Å². The second kappa shape index (κ2) is 5.65. The molecule has 0 bridgehead atoms. The number of hydrogen-bond acceptors (Lipinski definition) is 4. The Bertz CT molecular complexity index is 428. The lowest BCUT2D eigenvalue weighted by Gasteiger charge is -2.10. The van der Waals surface area contributed by atoms with Gasteiger partial charge in [0.15, 0.2) is 5.69 Å². The van der Waals surface area contributed by atoms with E-state index in [1.54, 1.807) is 11.8 Å². The highest BCUT2D eigenvalue weighted by Gasteiger charge is 2.30. The molecule has 4 N–H and O–H groups in total. The lowest BCUT2D eigenvalue weighted by molar-refractivity contribution is 0.0945. The van der Waals surface area contributed by atoms with Crippen LogP contribution in [-0.4, -0.2) is 34.7 Å². The van der Waals surface area contributed by atoms with E-state index in [0.717, 1.165) is 24.3 Å². The Morgan fingerprint density at radius 1 is 1.67 bits per heavy atom. The van der Waals surface area contributed by atoms with Crippen LogP contribution < -0.4 is 11.1 Å². The Kier molecular flexibility index (Phi) is 4.16. The van der Waals surface area contributed by atoms with Gasteiger partial charge in [-0.25, -0.2) is 0 Å². The van der Waals surface area contributed by atoms with Crippen LogP contribution in [0.2, 0.25) is 0 Å². The Hall–Kier alpha value is -1.17. The van der Waals surface area contributed by atoms with Crippen molar-refractivity contribution in [3.63, 3.8) is 0 Å². The molecule has 18 heavy (non-hydrogen) atoms. The summed E-state index contributed by atoms with van der Waals surface area (Å²) in [5.74, 6) is 1.79. The zero-order valence-corrected chi connectivity index (χ0v) is 11.6. The van der Waals surface area contributed by atoms with Gasteiger partial charge in [0.05, 0.1) is 11.4 Å². The summed E-state index contributed by atoms with van der Waals surface area (Å²) >= 11 is 1.78. The third-order valence-electron chi connectivity index (χ3n) is 3.10. The maximum atomic E-state index is 12.0. The first-order valence-corrected chi connectivity index (χ1v) is 7.63. The molecule has 100 valence electrons. The lowest BCUT2D eigenvalue weighted by Crippen LogP contribution is -2.29. The summed E-state index contributed by atoms with van der Waals surface area (Å²) in [4.78, 5) is 12.0. The quantitative estimate of drug-likeness (QED) is 0.731. The monoisotopic (exact) mass is 268 g/mol. The van der Waals surface area contributed by atoms with E-state index < -0.39 is 0 Å². The van der Waals surface area contributed by atoms with Crippen molar-refractivity contribution in [1.29, 1.82) is 0 Å². The largest absolute Gasteiger partial charge is 0.395 e. The number of nitrogens with one attached hydrogen (secondary N) is 2. The van der Waals surface area contributed by atoms with Gasteiger partial charge in [0.25, 0.3) is 5.91 Å². The van der Waals surface area contributed by atoms with Crippen LogP contribution in [0.5, 0.6) is 0 Å². The minimum Gasteiger partial charge on any atom is -0.395 e. The molecule has 1 aliphatic carbocycles. The third-order valence-corrected chi connectivity index (χ3v) is 4.00. The molecule has 0 aliphatic heterocycles. The summed E-state index contributed by atoms with van der Waals surface area (Å²) in [6, 6.07) is 0. The van der Waals surface area contributed by atoms with E-state index in [9.17, 15) is 4.79 Å². The van der Waals surface area contributed by atoms with Crippen LogP contribution in [0, 0.1) is 5.92 Å². The molecule has 0 radical (unpaired) electrons. The van der Waals surface area contributed by atoms with Crippen molar-refractivity contribution in [2.45, 2.75) is 25.7 Å². The van der Waals surface area contributed by atoms with Crippen molar-refractivity contribution in [3.8, 4) is 0 Å². The van der Waals surface area contributed by atoms with E-state index in [-0.39, 0.29) is 5.91 Å². The number of aromatic amines is 1. The van der Waals surface area contributed by atoms with Gasteiger partial charge in [-0.05, 0) is 30.8 Å². The van der Waals surface area contributed by atoms with Gasteiger partial charge >= 0.3 is 0 Å². The molecule has 6 heteroatoms. The van der Waals surface area contributed by atoms with E-state index in [1.807, 2.05) is 0 Å². The highest BCUT2D eigenvalue weighted by atomic mass is 32.2. The fraction of sp³-hybridized carbons (Fsp3) is 0.667. The van der Waals surface area contributed by atoms with Crippen molar-refractivity contribution in [2.75, 3.05) is 24.3 Å². The van der Waals surface area contributed by atoms with E-state index in [1.165, 1.54) is 0 Å². The highest BCUT2D eigenvalue weighted by Crippen LogP contribution is 2.42. The molecule has 1 saturated carbocycles. The van der Waals surface area contributed by atoms with Gasteiger partial charge < -0.3 is 11.1 Å². The number of anilines is 1. The van der Waals surface area contributed by atoms with Crippen molar-refractivity contribution in [1.82, 2.24) is 15.5 Å². The van der Waals surface area contributed by atoms with Crippen molar-refractivity contribution in [2.24, 2.45) is 5.92 Å². The summed E-state index contributed by atoms with van der Waals surface area (Å²) in [5, 5.41) is 9.81. The molecule has 1 aromatic rings. The minimum atomic E-state index is -0.177. The van der Waals surface area contributed by atoms with Crippen molar-refractivity contribution < 1.29 is 4.79 Å². The number of nitrogen functional groups attached to an aromatic ring is 1. The number of rotatable bonds is 6. The summed E-state index contributed by atoms with van der Waals surface area (Å²) in [6.07, 6.45) is 4.34. The molecule has 0 spiro atoms. The first kappa shape index (κ1) is 13.3. The zero-order valence-electron chi connectivity index (χ0n) is 10.8. The van der Waals surface area contributed by atoms with Gasteiger partial charge in [0.2, 0.25) is 0 Å². The zero-order chi connectivity index (χ0) is 13.1. The maximum Gasteiger partial charge on any atom is 0.273 e.